The smallest absolute Gasteiger partial charge is 0.258 e. The second-order valence-electron chi connectivity index (χ2n) is 9.39. The molecule has 184 valence electrons. The number of hydrogen-bond acceptors (Lipinski definition) is 6. The number of hydrogen-bond donors (Lipinski definition) is 1. The van der Waals surface area contributed by atoms with Crippen LogP contribution in [0.25, 0.3) is 28.2 Å². The van der Waals surface area contributed by atoms with E-state index in [4.69, 9.17) is 14.7 Å². The van der Waals surface area contributed by atoms with Gasteiger partial charge in [0, 0.05) is 23.9 Å². The fourth-order valence-corrected chi connectivity index (χ4v) is 4.57. The first kappa shape index (κ1) is 24.0. The van der Waals surface area contributed by atoms with Crippen LogP contribution in [0.4, 0.5) is 0 Å². The van der Waals surface area contributed by atoms with Gasteiger partial charge in [0.1, 0.15) is 0 Å². The largest absolute Gasteiger partial charge is 0.478 e. The number of nitrogens with zero attached hydrogens (tertiary/aromatic N) is 5. The standard InChI is InChI=1S/C25H23N5O.C4H9N/c1-17-4-8-20(9-5-17)23-22(19-10-6-18(14-26)7-11-19)28-25(31-2)24-27-21(16-30(23)24)15-29-12-3-13-29;1-2-4-5-3-1/h4-11,16H,3,12-13,15H2,1-2H3;5H,1-4H2. The molecule has 4 aromatic rings. The molecule has 0 amide bonds. The van der Waals surface area contributed by atoms with E-state index in [0.29, 0.717) is 17.1 Å². The summed E-state index contributed by atoms with van der Waals surface area (Å²) in [6, 6.07) is 18.1. The van der Waals surface area contributed by atoms with Gasteiger partial charge in [-0.3, -0.25) is 9.30 Å². The highest BCUT2D eigenvalue weighted by atomic mass is 16.5. The Morgan fingerprint density at radius 1 is 0.944 bits per heavy atom. The molecule has 7 heteroatoms. The maximum absolute atomic E-state index is 9.18. The Balaban J connectivity index is 0.000000477. The van der Waals surface area contributed by atoms with Crippen LogP contribution in [0.3, 0.4) is 0 Å². The van der Waals surface area contributed by atoms with Gasteiger partial charge >= 0.3 is 0 Å². The van der Waals surface area contributed by atoms with Crippen molar-refractivity contribution in [2.75, 3.05) is 33.3 Å². The highest BCUT2D eigenvalue weighted by Gasteiger charge is 2.22. The SMILES string of the molecule is C1CCNC1.COc1nc(-c2ccc(C#N)cc2)c(-c2ccc(C)cc2)n2cc(CN3CCC3)nc12. The van der Waals surface area contributed by atoms with Crippen molar-refractivity contribution in [2.24, 2.45) is 0 Å². The topological polar surface area (TPSA) is 78.5 Å². The molecule has 6 rings (SSSR count). The molecule has 0 radical (unpaired) electrons. The normalized spacial score (nSPS) is 15.1. The molecule has 0 bridgehead atoms. The highest BCUT2D eigenvalue weighted by molar-refractivity contribution is 5.81. The molecule has 0 unspecified atom stereocenters. The molecule has 2 aliphatic rings. The van der Waals surface area contributed by atoms with Gasteiger partial charge in [-0.2, -0.15) is 5.26 Å². The van der Waals surface area contributed by atoms with E-state index in [2.05, 4.69) is 58.1 Å². The second kappa shape index (κ2) is 10.9. The first-order valence-electron chi connectivity index (χ1n) is 12.6. The van der Waals surface area contributed by atoms with Crippen molar-refractivity contribution in [1.29, 1.82) is 5.26 Å². The number of aryl methyl sites for hydroxylation is 1. The Bertz CT molecular complexity index is 1350. The van der Waals surface area contributed by atoms with Gasteiger partial charge in [-0.05, 0) is 64.5 Å². The van der Waals surface area contributed by atoms with Crippen molar-refractivity contribution >= 4 is 5.65 Å². The van der Waals surface area contributed by atoms with Gasteiger partial charge in [0.2, 0.25) is 5.65 Å². The van der Waals surface area contributed by atoms with Gasteiger partial charge in [-0.1, -0.05) is 42.0 Å². The molecular weight excluding hydrogens is 448 g/mol. The molecule has 1 N–H and O–H groups in total. The Hall–Kier alpha value is -3.73. The minimum atomic E-state index is 0.491. The molecule has 0 aliphatic carbocycles. The highest BCUT2D eigenvalue weighted by Crippen LogP contribution is 2.35. The fourth-order valence-electron chi connectivity index (χ4n) is 4.57. The van der Waals surface area contributed by atoms with Crippen molar-refractivity contribution in [3.8, 4) is 34.5 Å². The van der Waals surface area contributed by atoms with E-state index in [9.17, 15) is 5.26 Å². The maximum Gasteiger partial charge on any atom is 0.258 e. The Morgan fingerprint density at radius 2 is 1.64 bits per heavy atom. The van der Waals surface area contributed by atoms with E-state index < -0.39 is 0 Å². The number of ether oxygens (including phenoxy) is 1. The first-order valence-corrected chi connectivity index (χ1v) is 12.6. The van der Waals surface area contributed by atoms with Crippen molar-refractivity contribution in [2.45, 2.75) is 32.7 Å². The van der Waals surface area contributed by atoms with Crippen LogP contribution < -0.4 is 10.1 Å². The predicted octanol–water partition coefficient (Wildman–Crippen LogP) is 4.83. The van der Waals surface area contributed by atoms with E-state index >= 15 is 0 Å². The van der Waals surface area contributed by atoms with Gasteiger partial charge in [-0.15, -0.1) is 0 Å². The number of rotatable bonds is 5. The zero-order valence-electron chi connectivity index (χ0n) is 21.0. The predicted molar refractivity (Wildman–Crippen MR) is 142 cm³/mol. The Kier molecular flexibility index (Phi) is 7.26. The quantitative estimate of drug-likeness (QED) is 0.441. The van der Waals surface area contributed by atoms with Gasteiger partial charge in [-0.25, -0.2) is 9.97 Å². The molecule has 2 fully saturated rings. The average Bonchev–Trinajstić information content (AvgIpc) is 3.60. The summed E-state index contributed by atoms with van der Waals surface area (Å²) in [5, 5.41) is 12.4. The number of benzene rings is 2. The summed E-state index contributed by atoms with van der Waals surface area (Å²) >= 11 is 0. The van der Waals surface area contributed by atoms with Crippen molar-refractivity contribution in [3.05, 3.63) is 71.5 Å². The number of nitrogens with one attached hydrogen (secondary N) is 1. The molecule has 2 aromatic carbocycles. The molecule has 4 heterocycles. The summed E-state index contributed by atoms with van der Waals surface area (Å²) in [5.74, 6) is 0.491. The van der Waals surface area contributed by atoms with Gasteiger partial charge in [0.15, 0.2) is 0 Å². The van der Waals surface area contributed by atoms with Crippen molar-refractivity contribution in [3.63, 3.8) is 0 Å². The fraction of sp³-hybridized carbons (Fsp3) is 0.345. The summed E-state index contributed by atoms with van der Waals surface area (Å²) < 4.78 is 7.74. The maximum atomic E-state index is 9.18. The van der Waals surface area contributed by atoms with Crippen LogP contribution in [0.15, 0.2) is 54.7 Å². The zero-order valence-corrected chi connectivity index (χ0v) is 21.0. The molecule has 0 spiro atoms. The van der Waals surface area contributed by atoms with Gasteiger partial charge in [0.25, 0.3) is 5.88 Å². The van der Waals surface area contributed by atoms with E-state index in [1.165, 1.54) is 37.9 Å². The monoisotopic (exact) mass is 480 g/mol. The third-order valence-corrected chi connectivity index (χ3v) is 6.72. The average molecular weight is 481 g/mol. The number of likely N-dealkylation sites (tertiary alicyclic amines) is 1. The minimum absolute atomic E-state index is 0.491. The van der Waals surface area contributed by atoms with Crippen LogP contribution in [0.2, 0.25) is 0 Å². The van der Waals surface area contributed by atoms with Crippen LogP contribution in [0, 0.1) is 18.3 Å². The number of fused-ring (bicyclic) bond motifs is 1. The van der Waals surface area contributed by atoms with E-state index in [0.717, 1.165) is 47.8 Å². The van der Waals surface area contributed by atoms with E-state index in [1.54, 1.807) is 7.11 Å². The first-order chi connectivity index (χ1) is 17.7. The van der Waals surface area contributed by atoms with Crippen LogP contribution in [-0.2, 0) is 6.54 Å². The molecule has 2 aliphatic heterocycles. The molecule has 2 aromatic heterocycles. The number of imidazole rings is 1. The lowest BCUT2D eigenvalue weighted by molar-refractivity contribution is 0.171. The molecule has 0 saturated carbocycles. The van der Waals surface area contributed by atoms with Crippen LogP contribution in [0.5, 0.6) is 5.88 Å². The van der Waals surface area contributed by atoms with Crippen LogP contribution >= 0.6 is 0 Å². The number of aromatic nitrogens is 3. The van der Waals surface area contributed by atoms with Crippen LogP contribution in [-0.4, -0.2) is 52.6 Å². The lowest BCUT2D eigenvalue weighted by Gasteiger charge is -2.29. The zero-order chi connectivity index (χ0) is 24.9. The van der Waals surface area contributed by atoms with Gasteiger partial charge < -0.3 is 10.1 Å². The van der Waals surface area contributed by atoms with Crippen molar-refractivity contribution in [1.82, 2.24) is 24.6 Å². The summed E-state index contributed by atoms with van der Waals surface area (Å²) in [6.45, 7) is 7.63. The summed E-state index contributed by atoms with van der Waals surface area (Å²) in [5.41, 5.74) is 7.27. The lowest BCUT2D eigenvalue weighted by atomic mass is 10.0. The molecular formula is C29H32N6O. The van der Waals surface area contributed by atoms with E-state index in [-0.39, 0.29) is 0 Å². The summed E-state index contributed by atoms with van der Waals surface area (Å²) in [4.78, 5) is 12.1. The number of nitriles is 1. The minimum Gasteiger partial charge on any atom is -0.478 e. The Morgan fingerprint density at radius 3 is 2.19 bits per heavy atom. The van der Waals surface area contributed by atoms with E-state index in [1.807, 2.05) is 24.3 Å². The lowest BCUT2D eigenvalue weighted by Crippen LogP contribution is -2.36. The van der Waals surface area contributed by atoms with Crippen LogP contribution in [0.1, 0.15) is 36.1 Å². The molecule has 7 nitrogen and oxygen atoms in total. The number of methoxy groups -OCH3 is 1. The molecule has 0 atom stereocenters. The second-order valence-corrected chi connectivity index (χ2v) is 9.39. The van der Waals surface area contributed by atoms with Crippen molar-refractivity contribution < 1.29 is 4.74 Å². The summed E-state index contributed by atoms with van der Waals surface area (Å²) in [6.07, 6.45) is 6.12. The summed E-state index contributed by atoms with van der Waals surface area (Å²) in [7, 11) is 1.63. The Labute approximate surface area is 212 Å². The molecule has 36 heavy (non-hydrogen) atoms. The third-order valence-electron chi connectivity index (χ3n) is 6.72. The molecule has 2 saturated heterocycles. The van der Waals surface area contributed by atoms with Gasteiger partial charge in [0.05, 0.1) is 35.8 Å². The third kappa shape index (κ3) is 5.11.